The average Bonchev–Trinajstić information content (AvgIpc) is 2.41. The van der Waals surface area contributed by atoms with Gasteiger partial charge in [-0.2, -0.15) is 0 Å². The molecule has 0 saturated heterocycles. The number of benzene rings is 2. The molecule has 0 spiro atoms. The highest BCUT2D eigenvalue weighted by molar-refractivity contribution is 5.91. The van der Waals surface area contributed by atoms with Gasteiger partial charge in [0.25, 0.3) is 0 Å². The largest absolute Gasteiger partial charge is 0.478 e. The minimum atomic E-state index is -1.05. The number of nitrogen functional groups attached to an aromatic ring is 1. The van der Waals surface area contributed by atoms with Crippen LogP contribution < -0.4 is 11.1 Å². The van der Waals surface area contributed by atoms with Gasteiger partial charge in [0, 0.05) is 5.69 Å². The van der Waals surface area contributed by atoms with Gasteiger partial charge in [0.15, 0.2) is 0 Å². The van der Waals surface area contributed by atoms with E-state index in [1.54, 1.807) is 12.1 Å². The summed E-state index contributed by atoms with van der Waals surface area (Å²) >= 11 is 0. The predicted molar refractivity (Wildman–Crippen MR) is 74.5 cm³/mol. The lowest BCUT2D eigenvalue weighted by molar-refractivity contribution is 0.0686. The van der Waals surface area contributed by atoms with E-state index in [9.17, 15) is 9.59 Å². The first-order valence-electron chi connectivity index (χ1n) is 5.70. The molecule has 0 aliphatic carbocycles. The van der Waals surface area contributed by atoms with Crippen LogP contribution >= 0.6 is 0 Å². The molecular formula is C14H12N2O4. The van der Waals surface area contributed by atoms with E-state index in [2.05, 4.69) is 5.32 Å². The maximum absolute atomic E-state index is 10.9. The molecule has 2 rings (SSSR count). The van der Waals surface area contributed by atoms with Crippen LogP contribution in [0.3, 0.4) is 0 Å². The van der Waals surface area contributed by atoms with Gasteiger partial charge in [-0.3, -0.25) is 0 Å². The molecule has 0 fully saturated rings. The lowest BCUT2D eigenvalue weighted by Gasteiger charge is -2.10. The molecule has 0 aliphatic heterocycles. The molecule has 5 N–H and O–H groups in total. The Labute approximate surface area is 114 Å². The monoisotopic (exact) mass is 272 g/mol. The standard InChI is InChI=1S/C14H12N2O4/c15-11-6-3-9(14(19)20)7-12(11)16-10-4-1-8(2-5-10)13(17)18/h1-7,16H,15H2,(H,17,18)(H,19,20). The Bertz CT molecular complexity index is 665. The van der Waals surface area contributed by atoms with Crippen molar-refractivity contribution < 1.29 is 19.8 Å². The van der Waals surface area contributed by atoms with Crippen LogP contribution in [0.1, 0.15) is 20.7 Å². The minimum absolute atomic E-state index is 0.115. The van der Waals surface area contributed by atoms with Crippen LogP contribution in [0, 0.1) is 0 Å². The zero-order valence-electron chi connectivity index (χ0n) is 10.3. The van der Waals surface area contributed by atoms with E-state index < -0.39 is 11.9 Å². The zero-order valence-corrected chi connectivity index (χ0v) is 10.3. The summed E-state index contributed by atoms with van der Waals surface area (Å²) < 4.78 is 0. The third-order valence-electron chi connectivity index (χ3n) is 2.71. The van der Waals surface area contributed by atoms with Crippen molar-refractivity contribution in [1.29, 1.82) is 0 Å². The summed E-state index contributed by atoms with van der Waals surface area (Å²) in [6, 6.07) is 10.4. The smallest absolute Gasteiger partial charge is 0.335 e. The second-order valence-corrected chi connectivity index (χ2v) is 4.11. The summed E-state index contributed by atoms with van der Waals surface area (Å²) in [5, 5.41) is 20.7. The number of carboxylic acid groups (broad SMARTS) is 2. The molecule has 2 aromatic rings. The molecule has 0 aromatic heterocycles. The molecule has 6 nitrogen and oxygen atoms in total. The summed E-state index contributed by atoms with van der Waals surface area (Å²) in [5.74, 6) is -2.06. The summed E-state index contributed by atoms with van der Waals surface area (Å²) in [5.41, 5.74) is 7.52. The topological polar surface area (TPSA) is 113 Å². The summed E-state index contributed by atoms with van der Waals surface area (Å²) in [6.45, 7) is 0. The van der Waals surface area contributed by atoms with Gasteiger partial charge in [0.1, 0.15) is 0 Å². The Morgan fingerprint density at radius 3 is 2.00 bits per heavy atom. The van der Waals surface area contributed by atoms with Crippen LogP contribution in [0.15, 0.2) is 42.5 Å². The van der Waals surface area contributed by atoms with Gasteiger partial charge in [-0.05, 0) is 42.5 Å². The van der Waals surface area contributed by atoms with Crippen molar-refractivity contribution in [3.8, 4) is 0 Å². The van der Waals surface area contributed by atoms with E-state index in [0.717, 1.165) is 0 Å². The van der Waals surface area contributed by atoms with Crippen LogP contribution in [0.5, 0.6) is 0 Å². The normalized spacial score (nSPS) is 10.0. The molecule has 2 aromatic carbocycles. The molecule has 0 atom stereocenters. The van der Waals surface area contributed by atoms with E-state index in [4.69, 9.17) is 15.9 Å². The summed E-state index contributed by atoms with van der Waals surface area (Å²) in [4.78, 5) is 21.6. The van der Waals surface area contributed by atoms with Crippen molar-refractivity contribution in [2.45, 2.75) is 0 Å². The maximum Gasteiger partial charge on any atom is 0.335 e. The predicted octanol–water partition coefficient (Wildman–Crippen LogP) is 2.41. The average molecular weight is 272 g/mol. The van der Waals surface area contributed by atoms with Crippen LogP contribution in [-0.4, -0.2) is 22.2 Å². The molecule has 0 amide bonds. The molecule has 102 valence electrons. The third-order valence-corrected chi connectivity index (χ3v) is 2.71. The fourth-order valence-corrected chi connectivity index (χ4v) is 1.65. The molecule has 0 bridgehead atoms. The number of aromatic carboxylic acids is 2. The molecule has 0 unspecified atom stereocenters. The number of carbonyl (C=O) groups is 2. The number of hydrogen-bond acceptors (Lipinski definition) is 4. The van der Waals surface area contributed by atoms with Crippen LogP contribution in [0.2, 0.25) is 0 Å². The molecule has 0 aliphatic rings. The number of rotatable bonds is 4. The fourth-order valence-electron chi connectivity index (χ4n) is 1.65. The van der Waals surface area contributed by atoms with Crippen molar-refractivity contribution in [1.82, 2.24) is 0 Å². The van der Waals surface area contributed by atoms with E-state index in [0.29, 0.717) is 17.1 Å². The van der Waals surface area contributed by atoms with Gasteiger partial charge < -0.3 is 21.3 Å². The van der Waals surface area contributed by atoms with Gasteiger partial charge in [-0.15, -0.1) is 0 Å². The van der Waals surface area contributed by atoms with E-state index in [-0.39, 0.29) is 11.1 Å². The highest BCUT2D eigenvalue weighted by Crippen LogP contribution is 2.24. The molecule has 0 saturated carbocycles. The molecule has 0 heterocycles. The zero-order chi connectivity index (χ0) is 14.7. The quantitative estimate of drug-likeness (QED) is 0.636. The minimum Gasteiger partial charge on any atom is -0.478 e. The highest BCUT2D eigenvalue weighted by Gasteiger charge is 2.07. The van der Waals surface area contributed by atoms with E-state index in [1.165, 1.54) is 30.3 Å². The van der Waals surface area contributed by atoms with Crippen molar-refractivity contribution in [3.05, 3.63) is 53.6 Å². The van der Waals surface area contributed by atoms with Gasteiger partial charge in [-0.1, -0.05) is 0 Å². The number of anilines is 3. The lowest BCUT2D eigenvalue weighted by atomic mass is 10.1. The molecule has 6 heteroatoms. The van der Waals surface area contributed by atoms with Crippen molar-refractivity contribution in [3.63, 3.8) is 0 Å². The SMILES string of the molecule is Nc1ccc(C(=O)O)cc1Nc1ccc(C(=O)O)cc1. The Morgan fingerprint density at radius 1 is 0.900 bits per heavy atom. The van der Waals surface area contributed by atoms with E-state index >= 15 is 0 Å². The van der Waals surface area contributed by atoms with Gasteiger partial charge >= 0.3 is 11.9 Å². The second-order valence-electron chi connectivity index (χ2n) is 4.11. The van der Waals surface area contributed by atoms with Crippen molar-refractivity contribution in [2.24, 2.45) is 0 Å². The maximum atomic E-state index is 10.9. The van der Waals surface area contributed by atoms with Gasteiger partial charge in [-0.25, -0.2) is 9.59 Å². The number of carboxylic acids is 2. The first-order chi connectivity index (χ1) is 9.47. The fraction of sp³-hybridized carbons (Fsp3) is 0. The lowest BCUT2D eigenvalue weighted by Crippen LogP contribution is -2.02. The Kier molecular flexibility index (Phi) is 3.56. The summed E-state index contributed by atoms with van der Waals surface area (Å²) in [6.07, 6.45) is 0. The van der Waals surface area contributed by atoms with Crippen molar-refractivity contribution >= 4 is 29.0 Å². The third kappa shape index (κ3) is 2.86. The number of nitrogens with two attached hydrogens (primary N) is 1. The Balaban J connectivity index is 2.27. The Hall–Kier alpha value is -3.02. The molecule has 20 heavy (non-hydrogen) atoms. The van der Waals surface area contributed by atoms with Gasteiger partial charge in [0.2, 0.25) is 0 Å². The second kappa shape index (κ2) is 5.31. The van der Waals surface area contributed by atoms with Crippen LogP contribution in [0.4, 0.5) is 17.1 Å². The first-order valence-corrected chi connectivity index (χ1v) is 5.70. The number of nitrogens with one attached hydrogen (secondary N) is 1. The van der Waals surface area contributed by atoms with Crippen LogP contribution in [-0.2, 0) is 0 Å². The van der Waals surface area contributed by atoms with Crippen molar-refractivity contribution in [2.75, 3.05) is 11.1 Å². The van der Waals surface area contributed by atoms with Crippen LogP contribution in [0.25, 0.3) is 0 Å². The summed E-state index contributed by atoms with van der Waals surface area (Å²) in [7, 11) is 0. The number of hydrogen-bond donors (Lipinski definition) is 4. The highest BCUT2D eigenvalue weighted by atomic mass is 16.4. The molecular weight excluding hydrogens is 260 g/mol. The Morgan fingerprint density at radius 2 is 1.45 bits per heavy atom. The van der Waals surface area contributed by atoms with Gasteiger partial charge in [0.05, 0.1) is 22.5 Å². The van der Waals surface area contributed by atoms with E-state index in [1.807, 2.05) is 0 Å². The molecule has 0 radical (unpaired) electrons. The first kappa shape index (κ1) is 13.4.